The van der Waals surface area contributed by atoms with Crippen LogP contribution < -0.4 is 5.32 Å². The van der Waals surface area contributed by atoms with Crippen LogP contribution in [0, 0.1) is 24.6 Å². The highest BCUT2D eigenvalue weighted by molar-refractivity contribution is 6.31. The molecule has 1 amide bonds. The zero-order valence-corrected chi connectivity index (χ0v) is 17.6. The maximum absolute atomic E-state index is 13.8. The van der Waals surface area contributed by atoms with Crippen molar-refractivity contribution in [1.29, 1.82) is 0 Å². The van der Waals surface area contributed by atoms with E-state index in [1.54, 1.807) is 13.0 Å². The Labute approximate surface area is 177 Å². The zero-order valence-electron chi connectivity index (χ0n) is 16.8. The van der Waals surface area contributed by atoms with Crippen LogP contribution in [0.2, 0.25) is 5.02 Å². The molecule has 4 rings (SSSR count). The topological polar surface area (TPSA) is 32.3 Å². The first-order chi connectivity index (χ1) is 14.0. The van der Waals surface area contributed by atoms with E-state index in [0.29, 0.717) is 18.0 Å². The number of benzene rings is 2. The molecule has 2 fully saturated rings. The molecule has 0 spiro atoms. The first-order valence-electron chi connectivity index (χ1n) is 10.5. The summed E-state index contributed by atoms with van der Waals surface area (Å²) >= 11 is 6.38. The Morgan fingerprint density at radius 2 is 2.00 bits per heavy atom. The Hall–Kier alpha value is -1.91. The number of carbonyl (C=O) groups excluding carboxylic acids is 1. The van der Waals surface area contributed by atoms with E-state index in [1.807, 2.05) is 36.4 Å². The van der Waals surface area contributed by atoms with Crippen LogP contribution in [0.3, 0.4) is 0 Å². The molecule has 0 aromatic heterocycles. The van der Waals surface area contributed by atoms with Gasteiger partial charge in [-0.25, -0.2) is 4.39 Å². The van der Waals surface area contributed by atoms with E-state index in [2.05, 4.69) is 10.2 Å². The smallest absolute Gasteiger partial charge is 0.224 e. The van der Waals surface area contributed by atoms with Crippen LogP contribution in [-0.2, 0) is 11.3 Å². The lowest BCUT2D eigenvalue weighted by Gasteiger charge is -2.37. The number of aryl methyl sites for hydroxylation is 1. The Kier molecular flexibility index (Phi) is 6.21. The molecule has 1 heterocycles. The van der Waals surface area contributed by atoms with E-state index in [4.69, 9.17) is 11.6 Å². The first-order valence-corrected chi connectivity index (χ1v) is 10.9. The van der Waals surface area contributed by atoms with Gasteiger partial charge in [0.1, 0.15) is 5.82 Å². The van der Waals surface area contributed by atoms with Crippen molar-refractivity contribution < 1.29 is 9.18 Å². The largest absolute Gasteiger partial charge is 0.356 e. The number of nitrogens with one attached hydrogen (secondary N) is 1. The SMILES string of the molecule is Cc1cc(C2CC(C(=O)NCC3CC3)CN(Cc3ccccc3Cl)C2)ccc1F. The molecule has 2 unspecified atom stereocenters. The molecule has 154 valence electrons. The van der Waals surface area contributed by atoms with Crippen LogP contribution in [0.4, 0.5) is 4.39 Å². The highest BCUT2D eigenvalue weighted by Crippen LogP contribution is 2.33. The number of nitrogens with zero attached hydrogens (tertiary/aromatic N) is 1. The number of hydrogen-bond donors (Lipinski definition) is 1. The van der Waals surface area contributed by atoms with Gasteiger partial charge in [-0.15, -0.1) is 0 Å². The number of piperidine rings is 1. The summed E-state index contributed by atoms with van der Waals surface area (Å²) in [5.74, 6) is 0.751. The molecule has 2 atom stereocenters. The lowest BCUT2D eigenvalue weighted by Crippen LogP contribution is -2.45. The van der Waals surface area contributed by atoms with Gasteiger partial charge in [0.05, 0.1) is 5.92 Å². The van der Waals surface area contributed by atoms with Crippen molar-refractivity contribution in [2.75, 3.05) is 19.6 Å². The van der Waals surface area contributed by atoms with E-state index in [9.17, 15) is 9.18 Å². The summed E-state index contributed by atoms with van der Waals surface area (Å²) < 4.78 is 13.8. The van der Waals surface area contributed by atoms with Gasteiger partial charge in [-0.2, -0.15) is 0 Å². The molecule has 0 bridgehead atoms. The van der Waals surface area contributed by atoms with Crippen molar-refractivity contribution in [3.8, 4) is 0 Å². The summed E-state index contributed by atoms with van der Waals surface area (Å²) in [6, 6.07) is 13.2. The lowest BCUT2D eigenvalue weighted by molar-refractivity contribution is -0.127. The van der Waals surface area contributed by atoms with E-state index in [1.165, 1.54) is 12.8 Å². The molecule has 1 aliphatic carbocycles. The monoisotopic (exact) mass is 414 g/mol. The maximum atomic E-state index is 13.8. The van der Waals surface area contributed by atoms with Crippen molar-refractivity contribution in [3.05, 3.63) is 70.0 Å². The minimum absolute atomic E-state index is 0.0691. The fourth-order valence-electron chi connectivity index (χ4n) is 4.25. The Morgan fingerprint density at radius 3 is 2.72 bits per heavy atom. The number of likely N-dealkylation sites (tertiary alicyclic amines) is 1. The molecule has 5 heteroatoms. The standard InChI is InChI=1S/C24H28ClFN2O/c1-16-10-18(8-9-23(16)26)20-11-21(24(29)27-12-17-6-7-17)15-28(14-20)13-19-4-2-3-5-22(19)25/h2-5,8-10,17,20-21H,6-7,11-15H2,1H3,(H,27,29). The molecule has 2 aliphatic rings. The van der Waals surface area contributed by atoms with Crippen LogP contribution in [-0.4, -0.2) is 30.4 Å². The van der Waals surface area contributed by atoms with Gasteiger partial charge in [-0.1, -0.05) is 41.9 Å². The minimum atomic E-state index is -0.184. The molecule has 1 N–H and O–H groups in total. The molecule has 3 nitrogen and oxygen atoms in total. The minimum Gasteiger partial charge on any atom is -0.356 e. The van der Waals surface area contributed by atoms with Crippen LogP contribution in [0.1, 0.15) is 41.9 Å². The van der Waals surface area contributed by atoms with E-state index in [-0.39, 0.29) is 23.6 Å². The Balaban J connectivity index is 1.52. The van der Waals surface area contributed by atoms with Gasteiger partial charge < -0.3 is 5.32 Å². The first kappa shape index (κ1) is 20.4. The zero-order chi connectivity index (χ0) is 20.4. The molecule has 29 heavy (non-hydrogen) atoms. The molecule has 2 aromatic carbocycles. The van der Waals surface area contributed by atoms with Crippen molar-refractivity contribution in [2.24, 2.45) is 11.8 Å². The number of halogens is 2. The van der Waals surface area contributed by atoms with Crippen LogP contribution >= 0.6 is 11.6 Å². The average Bonchev–Trinajstić information content (AvgIpc) is 3.54. The summed E-state index contributed by atoms with van der Waals surface area (Å²) in [5, 5.41) is 3.90. The molecule has 1 aliphatic heterocycles. The van der Waals surface area contributed by atoms with Crippen LogP contribution in [0.25, 0.3) is 0 Å². The number of rotatable bonds is 6. The van der Waals surface area contributed by atoms with Crippen LogP contribution in [0.5, 0.6) is 0 Å². The highest BCUT2D eigenvalue weighted by Gasteiger charge is 2.33. The highest BCUT2D eigenvalue weighted by atomic mass is 35.5. The average molecular weight is 415 g/mol. The summed E-state index contributed by atoms with van der Waals surface area (Å²) in [6.45, 7) is 4.85. The molecule has 2 aromatic rings. The third-order valence-electron chi connectivity index (χ3n) is 6.16. The molecule has 1 saturated heterocycles. The quantitative estimate of drug-likeness (QED) is 0.727. The van der Waals surface area contributed by atoms with Crippen molar-refractivity contribution >= 4 is 17.5 Å². The number of carbonyl (C=O) groups is 1. The number of amides is 1. The van der Waals surface area contributed by atoms with Crippen molar-refractivity contribution in [3.63, 3.8) is 0 Å². The third-order valence-corrected chi connectivity index (χ3v) is 6.53. The summed E-state index contributed by atoms with van der Waals surface area (Å²) in [4.78, 5) is 15.2. The Morgan fingerprint density at radius 1 is 1.21 bits per heavy atom. The Bertz CT molecular complexity index is 883. The molecule has 1 saturated carbocycles. The van der Waals surface area contributed by atoms with E-state index < -0.39 is 0 Å². The predicted molar refractivity (Wildman–Crippen MR) is 114 cm³/mol. The fourth-order valence-corrected chi connectivity index (χ4v) is 4.45. The van der Waals surface area contributed by atoms with Crippen molar-refractivity contribution in [1.82, 2.24) is 10.2 Å². The summed E-state index contributed by atoms with van der Waals surface area (Å²) in [5.41, 5.74) is 2.83. The van der Waals surface area contributed by atoms with Crippen LogP contribution in [0.15, 0.2) is 42.5 Å². The van der Waals surface area contributed by atoms with E-state index >= 15 is 0 Å². The summed E-state index contributed by atoms with van der Waals surface area (Å²) in [7, 11) is 0. The third kappa shape index (κ3) is 5.18. The van der Waals surface area contributed by atoms with Gasteiger partial charge in [0.2, 0.25) is 5.91 Å². The van der Waals surface area contributed by atoms with Crippen molar-refractivity contribution in [2.45, 2.75) is 38.6 Å². The second kappa shape index (κ2) is 8.85. The van der Waals surface area contributed by atoms with Gasteiger partial charge in [0.25, 0.3) is 0 Å². The lowest BCUT2D eigenvalue weighted by atomic mass is 9.83. The normalized spacial score (nSPS) is 22.4. The fraction of sp³-hybridized carbons (Fsp3) is 0.458. The van der Waals surface area contributed by atoms with Gasteiger partial charge in [0.15, 0.2) is 0 Å². The van der Waals surface area contributed by atoms with Gasteiger partial charge >= 0.3 is 0 Å². The van der Waals surface area contributed by atoms with Gasteiger partial charge in [-0.05, 0) is 66.8 Å². The maximum Gasteiger partial charge on any atom is 0.224 e. The van der Waals surface area contributed by atoms with E-state index in [0.717, 1.165) is 42.2 Å². The molecular weight excluding hydrogens is 387 g/mol. The predicted octanol–water partition coefficient (Wildman–Crippen LogP) is 4.92. The second-order valence-electron chi connectivity index (χ2n) is 8.61. The van der Waals surface area contributed by atoms with Gasteiger partial charge in [-0.3, -0.25) is 9.69 Å². The molecule has 0 radical (unpaired) electrons. The van der Waals surface area contributed by atoms with Gasteiger partial charge in [0, 0.05) is 31.2 Å². The molecular formula is C24H28ClFN2O. The second-order valence-corrected chi connectivity index (χ2v) is 9.02. The summed E-state index contributed by atoms with van der Waals surface area (Å²) in [6.07, 6.45) is 3.24. The number of hydrogen-bond acceptors (Lipinski definition) is 2.